The van der Waals surface area contributed by atoms with Crippen LogP contribution < -0.4 is 11.1 Å². The predicted octanol–water partition coefficient (Wildman–Crippen LogP) is 2.17. The maximum Gasteiger partial charge on any atom is 0.416 e. The highest BCUT2D eigenvalue weighted by molar-refractivity contribution is 5.95. The van der Waals surface area contributed by atoms with Crippen molar-refractivity contribution in [3.8, 4) is 0 Å². The van der Waals surface area contributed by atoms with Crippen LogP contribution in [0.4, 0.5) is 18.9 Å². The van der Waals surface area contributed by atoms with Gasteiger partial charge < -0.3 is 15.8 Å². The lowest BCUT2D eigenvalue weighted by Gasteiger charge is -2.21. The topological polar surface area (TPSA) is 84.7 Å². The number of carbonyl (C=O) groups is 2. The number of halogens is 3. The number of hydrogen-bond donors (Lipinski definition) is 2. The van der Waals surface area contributed by atoms with Gasteiger partial charge in [0.25, 0.3) is 0 Å². The number of ether oxygens (including phenoxy) is 1. The van der Waals surface area contributed by atoms with Gasteiger partial charge in [-0.3, -0.25) is 9.69 Å². The van der Waals surface area contributed by atoms with Crippen LogP contribution in [0.25, 0.3) is 0 Å². The minimum Gasteiger partial charge on any atom is -0.462 e. The standard InChI is InChI=1S/C17H22F3N3O3/c1-3-26-16(25)13-7-14(17(18,19)20)11(6-15(13)21)8-23-5-4-12(9-23)22-10(2)24/h6-7,12H,3-5,8-9,21H2,1-2H3,(H,22,24)/t12-/m0/s1. The van der Waals surface area contributed by atoms with Gasteiger partial charge in [0.1, 0.15) is 0 Å². The minimum absolute atomic E-state index is 0.00785. The van der Waals surface area contributed by atoms with Gasteiger partial charge >= 0.3 is 12.1 Å². The summed E-state index contributed by atoms with van der Waals surface area (Å²) in [6.45, 7) is 4.04. The van der Waals surface area contributed by atoms with E-state index in [0.29, 0.717) is 19.5 Å². The van der Waals surface area contributed by atoms with Gasteiger partial charge in [-0.1, -0.05) is 0 Å². The molecule has 1 atom stereocenters. The van der Waals surface area contributed by atoms with E-state index in [4.69, 9.17) is 10.5 Å². The first kappa shape index (κ1) is 20.0. The smallest absolute Gasteiger partial charge is 0.416 e. The van der Waals surface area contributed by atoms with Gasteiger partial charge in [-0.15, -0.1) is 0 Å². The van der Waals surface area contributed by atoms with Gasteiger partial charge in [0.15, 0.2) is 0 Å². The number of esters is 1. The predicted molar refractivity (Wildman–Crippen MR) is 89.3 cm³/mol. The van der Waals surface area contributed by atoms with Crippen LogP contribution in [0.2, 0.25) is 0 Å². The molecule has 0 aliphatic carbocycles. The highest BCUT2D eigenvalue weighted by Gasteiger charge is 2.36. The molecule has 1 aromatic rings. The average molecular weight is 373 g/mol. The Hall–Kier alpha value is -2.29. The van der Waals surface area contributed by atoms with Gasteiger partial charge in [0, 0.05) is 38.3 Å². The van der Waals surface area contributed by atoms with Crippen LogP contribution in [-0.4, -0.2) is 42.5 Å². The number of rotatable bonds is 5. The Morgan fingerprint density at radius 3 is 2.65 bits per heavy atom. The SMILES string of the molecule is CCOC(=O)c1cc(C(F)(F)F)c(CN2CC[C@H](NC(C)=O)C2)cc1N. The number of alkyl halides is 3. The zero-order valence-electron chi connectivity index (χ0n) is 14.7. The number of nitrogens with zero attached hydrogens (tertiary/aromatic N) is 1. The van der Waals surface area contributed by atoms with Gasteiger partial charge in [-0.05, 0) is 31.0 Å². The van der Waals surface area contributed by atoms with Crippen LogP contribution in [0.5, 0.6) is 0 Å². The molecule has 144 valence electrons. The quantitative estimate of drug-likeness (QED) is 0.610. The second kappa shape index (κ2) is 7.94. The van der Waals surface area contributed by atoms with Crippen molar-refractivity contribution in [2.75, 3.05) is 25.4 Å². The number of anilines is 1. The summed E-state index contributed by atoms with van der Waals surface area (Å²) >= 11 is 0. The molecule has 0 radical (unpaired) electrons. The van der Waals surface area contributed by atoms with Gasteiger partial charge in [-0.2, -0.15) is 13.2 Å². The number of nitrogen functional groups attached to an aromatic ring is 1. The molecule has 3 N–H and O–H groups in total. The molecule has 1 fully saturated rings. The van der Waals surface area contributed by atoms with E-state index >= 15 is 0 Å². The number of carbonyl (C=O) groups excluding carboxylic acids is 2. The number of nitrogens with two attached hydrogens (primary N) is 1. The molecular weight excluding hydrogens is 351 g/mol. The van der Waals surface area contributed by atoms with Crippen LogP contribution in [0, 0.1) is 0 Å². The molecule has 0 spiro atoms. The summed E-state index contributed by atoms with van der Waals surface area (Å²) in [7, 11) is 0. The summed E-state index contributed by atoms with van der Waals surface area (Å²) in [6.07, 6.45) is -3.96. The van der Waals surface area contributed by atoms with E-state index in [1.54, 1.807) is 6.92 Å². The number of nitrogens with one attached hydrogen (secondary N) is 1. The molecule has 1 saturated heterocycles. The maximum absolute atomic E-state index is 13.5. The fraction of sp³-hybridized carbons (Fsp3) is 0.529. The van der Waals surface area contributed by atoms with Crippen LogP contribution in [0.1, 0.15) is 41.8 Å². The fourth-order valence-corrected chi connectivity index (χ4v) is 3.07. The van der Waals surface area contributed by atoms with E-state index in [2.05, 4.69) is 5.32 Å². The van der Waals surface area contributed by atoms with Crippen molar-refractivity contribution in [2.24, 2.45) is 0 Å². The van der Waals surface area contributed by atoms with Crippen molar-refractivity contribution >= 4 is 17.6 Å². The highest BCUT2D eigenvalue weighted by Crippen LogP contribution is 2.35. The summed E-state index contributed by atoms with van der Waals surface area (Å²) < 4.78 is 45.2. The number of benzene rings is 1. The number of amides is 1. The molecule has 6 nitrogen and oxygen atoms in total. The minimum atomic E-state index is -4.62. The molecule has 1 aliphatic rings. The molecule has 1 aromatic carbocycles. The zero-order valence-corrected chi connectivity index (χ0v) is 14.7. The fourth-order valence-electron chi connectivity index (χ4n) is 3.07. The van der Waals surface area contributed by atoms with E-state index in [-0.39, 0.29) is 41.9 Å². The van der Waals surface area contributed by atoms with Crippen molar-refractivity contribution in [1.29, 1.82) is 0 Å². The summed E-state index contributed by atoms with van der Waals surface area (Å²) in [5.41, 5.74) is 4.53. The molecular formula is C17H22F3N3O3. The molecule has 1 heterocycles. The lowest BCUT2D eigenvalue weighted by molar-refractivity contribution is -0.138. The maximum atomic E-state index is 13.5. The number of hydrogen-bond acceptors (Lipinski definition) is 5. The Morgan fingerprint density at radius 1 is 1.38 bits per heavy atom. The highest BCUT2D eigenvalue weighted by atomic mass is 19.4. The molecule has 0 aromatic heterocycles. The van der Waals surface area contributed by atoms with Crippen LogP contribution in [0.15, 0.2) is 12.1 Å². The van der Waals surface area contributed by atoms with Crippen LogP contribution in [-0.2, 0) is 22.3 Å². The monoisotopic (exact) mass is 373 g/mol. The lowest BCUT2D eigenvalue weighted by atomic mass is 10.0. The normalized spacial score (nSPS) is 18.0. The van der Waals surface area contributed by atoms with E-state index in [1.165, 1.54) is 13.0 Å². The molecule has 2 rings (SSSR count). The summed E-state index contributed by atoms with van der Waals surface area (Å²) in [4.78, 5) is 24.8. The molecule has 26 heavy (non-hydrogen) atoms. The van der Waals surface area contributed by atoms with Crippen molar-refractivity contribution in [3.05, 3.63) is 28.8 Å². The summed E-state index contributed by atoms with van der Waals surface area (Å²) in [5.74, 6) is -1.05. The Bertz CT molecular complexity index is 692. The third-order valence-corrected chi connectivity index (χ3v) is 4.15. The van der Waals surface area contributed by atoms with Crippen molar-refractivity contribution in [1.82, 2.24) is 10.2 Å². The first-order valence-corrected chi connectivity index (χ1v) is 8.28. The zero-order chi connectivity index (χ0) is 19.5. The Morgan fingerprint density at radius 2 is 2.08 bits per heavy atom. The summed E-state index contributed by atoms with van der Waals surface area (Å²) in [6, 6.07) is 1.85. The van der Waals surface area contributed by atoms with E-state index in [0.717, 1.165) is 6.07 Å². The molecule has 9 heteroatoms. The molecule has 0 bridgehead atoms. The van der Waals surface area contributed by atoms with E-state index in [9.17, 15) is 22.8 Å². The first-order valence-electron chi connectivity index (χ1n) is 8.28. The van der Waals surface area contributed by atoms with Crippen molar-refractivity contribution < 1.29 is 27.5 Å². The lowest BCUT2D eigenvalue weighted by Crippen LogP contribution is -2.35. The third-order valence-electron chi connectivity index (χ3n) is 4.15. The Labute approximate surface area is 149 Å². The summed E-state index contributed by atoms with van der Waals surface area (Å²) in [5, 5.41) is 2.76. The van der Waals surface area contributed by atoms with Crippen molar-refractivity contribution in [2.45, 2.75) is 39.0 Å². The molecule has 1 aliphatic heterocycles. The second-order valence-corrected chi connectivity index (χ2v) is 6.24. The number of likely N-dealkylation sites (tertiary alicyclic amines) is 1. The van der Waals surface area contributed by atoms with Gasteiger partial charge in [0.2, 0.25) is 5.91 Å². The molecule has 0 unspecified atom stereocenters. The first-order chi connectivity index (χ1) is 12.1. The van der Waals surface area contributed by atoms with E-state index in [1.807, 2.05) is 4.90 Å². The van der Waals surface area contributed by atoms with Gasteiger partial charge in [-0.25, -0.2) is 4.79 Å². The van der Waals surface area contributed by atoms with E-state index < -0.39 is 17.7 Å². The van der Waals surface area contributed by atoms with Crippen LogP contribution in [0.3, 0.4) is 0 Å². The molecule has 0 saturated carbocycles. The Balaban J connectivity index is 2.26. The largest absolute Gasteiger partial charge is 0.462 e. The van der Waals surface area contributed by atoms with Crippen molar-refractivity contribution in [3.63, 3.8) is 0 Å². The molecule has 1 amide bonds. The second-order valence-electron chi connectivity index (χ2n) is 6.24. The Kier molecular flexibility index (Phi) is 6.12. The van der Waals surface area contributed by atoms with Gasteiger partial charge in [0.05, 0.1) is 17.7 Å². The third kappa shape index (κ3) is 4.87. The average Bonchev–Trinajstić information content (AvgIpc) is 2.92. The van der Waals surface area contributed by atoms with Crippen LogP contribution >= 0.6 is 0 Å².